The Kier molecular flexibility index (Phi) is 6.90. The number of hydrogen-bond donors (Lipinski definition) is 1. The van der Waals surface area contributed by atoms with Crippen molar-refractivity contribution in [2.24, 2.45) is 0 Å². The van der Waals surface area contributed by atoms with Gasteiger partial charge in [0.2, 0.25) is 0 Å². The second-order valence-electron chi connectivity index (χ2n) is 3.99. The van der Waals surface area contributed by atoms with Gasteiger partial charge in [-0.2, -0.15) is 0 Å². The minimum atomic E-state index is -1.02. The zero-order chi connectivity index (χ0) is 15.1. The summed E-state index contributed by atoms with van der Waals surface area (Å²) in [6.07, 6.45) is -0.368. The van der Waals surface area contributed by atoms with E-state index >= 15 is 0 Å². The van der Waals surface area contributed by atoms with Gasteiger partial charge < -0.3 is 14.6 Å². The number of ether oxygens (including phenoxy) is 2. The largest absolute Gasteiger partial charge is 0.478 e. The lowest BCUT2D eigenvalue weighted by Gasteiger charge is -2.17. The molecule has 0 saturated heterocycles. The van der Waals surface area contributed by atoms with Gasteiger partial charge in [0.15, 0.2) is 6.29 Å². The first kappa shape index (κ1) is 16.9. The van der Waals surface area contributed by atoms with E-state index in [-0.39, 0.29) is 11.9 Å². The first-order valence-corrected chi connectivity index (χ1v) is 7.42. The van der Waals surface area contributed by atoms with Crippen molar-refractivity contribution >= 4 is 17.7 Å². The second kappa shape index (κ2) is 8.18. The number of aromatic nitrogens is 2. The van der Waals surface area contributed by atoms with Crippen LogP contribution in [-0.2, 0) is 9.47 Å². The molecule has 0 radical (unpaired) electrons. The molecule has 6 nitrogen and oxygen atoms in total. The van der Waals surface area contributed by atoms with Crippen LogP contribution in [0, 0.1) is 13.8 Å². The van der Waals surface area contributed by atoms with Gasteiger partial charge in [0.25, 0.3) is 0 Å². The summed E-state index contributed by atoms with van der Waals surface area (Å²) < 4.78 is 10.9. The number of carboxylic acids is 1. The molecule has 1 aromatic rings. The Balaban J connectivity index is 2.87. The van der Waals surface area contributed by atoms with Crippen molar-refractivity contribution in [2.75, 3.05) is 19.0 Å². The van der Waals surface area contributed by atoms with Gasteiger partial charge in [0, 0.05) is 13.2 Å². The molecule has 1 rings (SSSR count). The average molecular weight is 300 g/mol. The Morgan fingerprint density at radius 1 is 1.25 bits per heavy atom. The molecule has 1 N–H and O–H groups in total. The van der Waals surface area contributed by atoms with Crippen molar-refractivity contribution in [3.8, 4) is 0 Å². The van der Waals surface area contributed by atoms with Gasteiger partial charge >= 0.3 is 5.97 Å². The highest BCUT2D eigenvalue weighted by molar-refractivity contribution is 7.99. The fraction of sp³-hybridized carbons (Fsp3) is 0.615. The first-order chi connectivity index (χ1) is 9.49. The molecule has 0 aliphatic rings. The maximum Gasteiger partial charge on any atom is 0.340 e. The quantitative estimate of drug-likeness (QED) is 0.448. The summed E-state index contributed by atoms with van der Waals surface area (Å²) in [4.78, 5) is 19.6. The van der Waals surface area contributed by atoms with Crippen molar-refractivity contribution < 1.29 is 19.4 Å². The molecule has 0 spiro atoms. The molecule has 20 heavy (non-hydrogen) atoms. The highest BCUT2D eigenvalue weighted by Gasteiger charge is 2.19. The Labute approximate surface area is 122 Å². The predicted molar refractivity (Wildman–Crippen MR) is 76.2 cm³/mol. The van der Waals surface area contributed by atoms with Gasteiger partial charge in [0.05, 0.1) is 11.4 Å². The topological polar surface area (TPSA) is 81.5 Å². The number of rotatable bonds is 8. The van der Waals surface area contributed by atoms with Crippen LogP contribution < -0.4 is 0 Å². The van der Waals surface area contributed by atoms with Crippen molar-refractivity contribution in [3.05, 3.63) is 17.1 Å². The highest BCUT2D eigenvalue weighted by atomic mass is 32.2. The lowest BCUT2D eigenvalue weighted by atomic mass is 10.2. The van der Waals surface area contributed by atoms with Gasteiger partial charge in [-0.3, -0.25) is 0 Å². The summed E-state index contributed by atoms with van der Waals surface area (Å²) in [6, 6.07) is 0. The van der Waals surface area contributed by atoms with E-state index in [0.717, 1.165) is 0 Å². The molecule has 0 amide bonds. The monoisotopic (exact) mass is 300 g/mol. The molecule has 0 atom stereocenters. The van der Waals surface area contributed by atoms with Crippen LogP contribution in [0.5, 0.6) is 0 Å². The van der Waals surface area contributed by atoms with Crippen LogP contribution >= 0.6 is 11.8 Å². The third-order valence-electron chi connectivity index (χ3n) is 2.44. The molecule has 112 valence electrons. The van der Waals surface area contributed by atoms with Crippen LogP contribution in [0.2, 0.25) is 0 Å². The lowest BCUT2D eigenvalue weighted by Crippen LogP contribution is -2.20. The van der Waals surface area contributed by atoms with E-state index in [1.54, 1.807) is 13.8 Å². The number of aromatic carboxylic acids is 1. The number of nitrogens with zero attached hydrogens (tertiary/aromatic N) is 2. The van der Waals surface area contributed by atoms with Crippen LogP contribution in [0.3, 0.4) is 0 Å². The third-order valence-corrected chi connectivity index (χ3v) is 3.45. The Morgan fingerprint density at radius 2 is 1.85 bits per heavy atom. The molecular formula is C13H20N2O4S. The van der Waals surface area contributed by atoms with Crippen molar-refractivity contribution in [1.29, 1.82) is 0 Å². The molecule has 7 heteroatoms. The fourth-order valence-electron chi connectivity index (χ4n) is 1.69. The maximum absolute atomic E-state index is 11.3. The molecule has 0 aliphatic carbocycles. The molecule has 0 aliphatic heterocycles. The van der Waals surface area contributed by atoms with Gasteiger partial charge in [-0.1, -0.05) is 0 Å². The minimum Gasteiger partial charge on any atom is -0.478 e. The predicted octanol–water partition coefficient (Wildman–Crippen LogP) is 2.28. The molecule has 1 aromatic heterocycles. The number of carboxylic acid groups (broad SMARTS) is 1. The van der Waals surface area contributed by atoms with Crippen LogP contribution in [0.25, 0.3) is 0 Å². The molecule has 0 unspecified atom stereocenters. The number of carbonyl (C=O) groups is 1. The van der Waals surface area contributed by atoms with Gasteiger partial charge in [-0.15, -0.1) is 11.8 Å². The molecule has 0 fully saturated rings. The van der Waals surface area contributed by atoms with E-state index in [0.29, 0.717) is 35.5 Å². The SMILES string of the molecule is CCOC(CSc1nc(C)nc(C)c1C(=O)O)OCC. The first-order valence-electron chi connectivity index (χ1n) is 6.44. The van der Waals surface area contributed by atoms with Gasteiger partial charge in [-0.25, -0.2) is 14.8 Å². The van der Waals surface area contributed by atoms with E-state index in [4.69, 9.17) is 9.47 Å². The van der Waals surface area contributed by atoms with E-state index in [9.17, 15) is 9.90 Å². The number of aryl methyl sites for hydroxylation is 2. The van der Waals surface area contributed by atoms with Crippen LogP contribution in [-0.4, -0.2) is 46.3 Å². The molecular weight excluding hydrogens is 280 g/mol. The van der Waals surface area contributed by atoms with Crippen molar-refractivity contribution in [1.82, 2.24) is 9.97 Å². The van der Waals surface area contributed by atoms with E-state index in [2.05, 4.69) is 9.97 Å². The molecule has 1 heterocycles. The zero-order valence-corrected chi connectivity index (χ0v) is 13.0. The van der Waals surface area contributed by atoms with Crippen molar-refractivity contribution in [3.63, 3.8) is 0 Å². The van der Waals surface area contributed by atoms with Crippen LogP contribution in [0.15, 0.2) is 5.03 Å². The maximum atomic E-state index is 11.3. The Bertz CT molecular complexity index is 462. The summed E-state index contributed by atoms with van der Waals surface area (Å²) in [7, 11) is 0. The second-order valence-corrected chi connectivity index (χ2v) is 5.00. The minimum absolute atomic E-state index is 0.146. The summed E-state index contributed by atoms with van der Waals surface area (Å²) in [5.74, 6) is 0.0199. The Morgan fingerprint density at radius 3 is 2.35 bits per heavy atom. The van der Waals surface area contributed by atoms with E-state index in [1.165, 1.54) is 11.8 Å². The third kappa shape index (κ3) is 4.73. The summed E-state index contributed by atoms with van der Waals surface area (Å²) in [5.41, 5.74) is 0.615. The highest BCUT2D eigenvalue weighted by Crippen LogP contribution is 2.24. The fourth-order valence-corrected chi connectivity index (χ4v) is 2.76. The van der Waals surface area contributed by atoms with E-state index < -0.39 is 5.97 Å². The zero-order valence-electron chi connectivity index (χ0n) is 12.2. The summed E-state index contributed by atoms with van der Waals surface area (Å²) in [6.45, 7) is 8.27. The van der Waals surface area contributed by atoms with Gasteiger partial charge in [0.1, 0.15) is 16.4 Å². The standard InChI is InChI=1S/C13H20N2O4S/c1-5-18-10(19-6-2)7-20-12-11(13(16)17)8(3)14-9(4)15-12/h10H,5-7H2,1-4H3,(H,16,17). The average Bonchev–Trinajstić information content (AvgIpc) is 2.35. The van der Waals surface area contributed by atoms with Gasteiger partial charge in [-0.05, 0) is 27.7 Å². The normalized spacial score (nSPS) is 11.1. The number of thioether (sulfide) groups is 1. The van der Waals surface area contributed by atoms with E-state index in [1.807, 2.05) is 13.8 Å². The summed E-state index contributed by atoms with van der Waals surface area (Å²) in [5, 5.41) is 9.70. The number of hydrogen-bond acceptors (Lipinski definition) is 6. The summed E-state index contributed by atoms with van der Waals surface area (Å²) >= 11 is 1.31. The molecule has 0 bridgehead atoms. The van der Waals surface area contributed by atoms with Crippen LogP contribution in [0.4, 0.5) is 0 Å². The Hall–Kier alpha value is -1.18. The lowest BCUT2D eigenvalue weighted by molar-refractivity contribution is -0.120. The molecule has 0 aromatic carbocycles. The smallest absolute Gasteiger partial charge is 0.340 e. The van der Waals surface area contributed by atoms with Crippen molar-refractivity contribution in [2.45, 2.75) is 39.0 Å². The molecule has 0 saturated carbocycles. The van der Waals surface area contributed by atoms with Crippen LogP contribution in [0.1, 0.15) is 35.7 Å².